The van der Waals surface area contributed by atoms with E-state index in [1.165, 1.54) is 0 Å². The lowest BCUT2D eigenvalue weighted by Crippen LogP contribution is -2.17. The molecule has 0 amide bonds. The fraction of sp³-hybridized carbons (Fsp3) is 0.571. The first-order valence-electron chi connectivity index (χ1n) is 6.03. The van der Waals surface area contributed by atoms with E-state index in [2.05, 4.69) is 10.7 Å². The molecular weight excluding hydrogens is 228 g/mol. The fourth-order valence-electron chi connectivity index (χ4n) is 1.98. The highest BCUT2D eigenvalue weighted by atomic mass is 16.5. The predicted octanol–water partition coefficient (Wildman–Crippen LogP) is 4.48. The van der Waals surface area contributed by atoms with Gasteiger partial charge in [-0.3, -0.25) is 10.7 Å². The van der Waals surface area contributed by atoms with Gasteiger partial charge in [-0.25, -0.2) is 0 Å². The van der Waals surface area contributed by atoms with Crippen LogP contribution in [0.25, 0.3) is 0 Å². The second-order valence-electron chi connectivity index (χ2n) is 6.62. The van der Waals surface area contributed by atoms with E-state index in [1.807, 2.05) is 41.5 Å². The van der Waals surface area contributed by atoms with E-state index >= 15 is 0 Å². The third-order valence-electron chi connectivity index (χ3n) is 2.97. The van der Waals surface area contributed by atoms with Crippen LogP contribution in [0.1, 0.15) is 52.7 Å². The number of anilines is 1. The third-order valence-corrected chi connectivity index (χ3v) is 2.97. The molecule has 0 fully saturated rings. The molecule has 0 spiro atoms. The van der Waals surface area contributed by atoms with Crippen LogP contribution >= 0.6 is 0 Å². The minimum absolute atomic E-state index is 0.180. The summed E-state index contributed by atoms with van der Waals surface area (Å²) in [6.07, 6.45) is 0. The second kappa shape index (κ2) is 4.69. The van der Waals surface area contributed by atoms with Crippen molar-refractivity contribution in [1.82, 2.24) is 0 Å². The maximum atomic E-state index is 11.0. The molecule has 1 aromatic carbocycles. The minimum Gasteiger partial charge on any atom is -0.291 e. The molecule has 0 aromatic heterocycles. The highest BCUT2D eigenvalue weighted by Crippen LogP contribution is 2.39. The Morgan fingerprint density at radius 2 is 1.50 bits per heavy atom. The van der Waals surface area contributed by atoms with Crippen molar-refractivity contribution in [3.05, 3.63) is 28.2 Å². The van der Waals surface area contributed by atoms with Crippen LogP contribution in [0.4, 0.5) is 11.4 Å². The van der Waals surface area contributed by atoms with Crippen molar-refractivity contribution >= 4 is 11.4 Å². The Morgan fingerprint density at radius 3 is 1.83 bits per heavy atom. The van der Waals surface area contributed by atoms with E-state index in [9.17, 15) is 10.1 Å². The van der Waals surface area contributed by atoms with E-state index in [-0.39, 0.29) is 10.8 Å². The standard InChI is InChI=1S/C14H22N2O2/c1-13(2,3)9-7-12(16-18)10(14(4,5)6)8-11(9)15-17/h7-8,15,17H,1-6H3. The minimum atomic E-state index is -0.203. The summed E-state index contributed by atoms with van der Waals surface area (Å²) >= 11 is 0. The van der Waals surface area contributed by atoms with Gasteiger partial charge in [-0.1, -0.05) is 41.5 Å². The van der Waals surface area contributed by atoms with Crippen LogP contribution in [0.3, 0.4) is 0 Å². The van der Waals surface area contributed by atoms with Crippen molar-refractivity contribution < 1.29 is 5.21 Å². The van der Waals surface area contributed by atoms with Crippen molar-refractivity contribution in [3.63, 3.8) is 0 Å². The molecule has 18 heavy (non-hydrogen) atoms. The first kappa shape index (κ1) is 14.6. The number of benzene rings is 1. The largest absolute Gasteiger partial charge is 0.291 e. The zero-order chi connectivity index (χ0) is 14.1. The van der Waals surface area contributed by atoms with Crippen molar-refractivity contribution in [2.45, 2.75) is 52.4 Å². The van der Waals surface area contributed by atoms with E-state index in [1.54, 1.807) is 12.1 Å². The molecule has 4 nitrogen and oxygen atoms in total. The molecule has 0 radical (unpaired) electrons. The zero-order valence-electron chi connectivity index (χ0n) is 12.0. The second-order valence-corrected chi connectivity index (χ2v) is 6.62. The van der Waals surface area contributed by atoms with Crippen LogP contribution in [-0.2, 0) is 10.8 Å². The Kier molecular flexibility index (Phi) is 3.81. The Balaban J connectivity index is 3.57. The summed E-state index contributed by atoms with van der Waals surface area (Å²) in [6.45, 7) is 12.1. The highest BCUT2D eigenvalue weighted by Gasteiger charge is 2.25. The Morgan fingerprint density at radius 1 is 1.00 bits per heavy atom. The molecule has 4 heteroatoms. The van der Waals surface area contributed by atoms with E-state index in [0.717, 1.165) is 11.1 Å². The molecule has 100 valence electrons. The molecule has 0 aliphatic heterocycles. The van der Waals surface area contributed by atoms with Crippen LogP contribution in [0.5, 0.6) is 0 Å². The molecule has 0 heterocycles. The van der Waals surface area contributed by atoms with Crippen molar-refractivity contribution in [2.75, 3.05) is 5.48 Å². The summed E-state index contributed by atoms with van der Waals surface area (Å²) < 4.78 is 0. The van der Waals surface area contributed by atoms with Gasteiger partial charge in [-0.15, -0.1) is 4.91 Å². The predicted molar refractivity (Wildman–Crippen MR) is 74.7 cm³/mol. The normalized spacial score (nSPS) is 12.4. The lowest BCUT2D eigenvalue weighted by molar-refractivity contribution is 0.385. The van der Waals surface area contributed by atoms with Crippen molar-refractivity contribution in [1.29, 1.82) is 0 Å². The first-order valence-corrected chi connectivity index (χ1v) is 6.03. The molecule has 1 aromatic rings. The quantitative estimate of drug-likeness (QED) is 0.601. The summed E-state index contributed by atoms with van der Waals surface area (Å²) in [7, 11) is 0. The molecular formula is C14H22N2O2. The summed E-state index contributed by atoms with van der Waals surface area (Å²) in [6, 6.07) is 3.56. The maximum absolute atomic E-state index is 11.0. The Hall–Kier alpha value is -1.42. The number of nitrogens with zero attached hydrogens (tertiary/aromatic N) is 1. The monoisotopic (exact) mass is 250 g/mol. The molecule has 1 rings (SSSR count). The zero-order valence-corrected chi connectivity index (χ0v) is 12.0. The Labute approximate surface area is 108 Å². The smallest absolute Gasteiger partial charge is 0.112 e. The van der Waals surface area contributed by atoms with Crippen LogP contribution in [0, 0.1) is 4.91 Å². The number of hydrogen-bond donors (Lipinski definition) is 2. The number of nitrogens with one attached hydrogen (secondary N) is 1. The molecule has 2 N–H and O–H groups in total. The first-order chi connectivity index (χ1) is 8.11. The Bertz CT molecular complexity index is 454. The third kappa shape index (κ3) is 2.88. The van der Waals surface area contributed by atoms with Gasteiger partial charge in [0, 0.05) is 0 Å². The molecule has 0 saturated carbocycles. The van der Waals surface area contributed by atoms with Crippen LogP contribution < -0.4 is 5.48 Å². The van der Waals surface area contributed by atoms with Gasteiger partial charge in [0.15, 0.2) is 0 Å². The van der Waals surface area contributed by atoms with Gasteiger partial charge in [-0.05, 0) is 39.3 Å². The molecule has 0 aliphatic carbocycles. The number of nitroso groups, excluding NO2 is 1. The maximum Gasteiger partial charge on any atom is 0.112 e. The molecule has 0 atom stereocenters. The van der Waals surface area contributed by atoms with Gasteiger partial charge < -0.3 is 0 Å². The van der Waals surface area contributed by atoms with Crippen molar-refractivity contribution in [3.8, 4) is 0 Å². The molecule has 0 unspecified atom stereocenters. The van der Waals surface area contributed by atoms with Gasteiger partial charge in [0.1, 0.15) is 5.69 Å². The summed E-state index contributed by atoms with van der Waals surface area (Å²) in [5.41, 5.74) is 4.59. The fourth-order valence-corrected chi connectivity index (χ4v) is 1.98. The summed E-state index contributed by atoms with van der Waals surface area (Å²) in [5, 5.41) is 12.4. The van der Waals surface area contributed by atoms with Crippen molar-refractivity contribution in [2.24, 2.45) is 5.18 Å². The van der Waals surface area contributed by atoms with Gasteiger partial charge in [0.05, 0.1) is 5.69 Å². The number of hydrogen-bond acceptors (Lipinski definition) is 4. The van der Waals surface area contributed by atoms with Crippen LogP contribution in [0.2, 0.25) is 0 Å². The lowest BCUT2D eigenvalue weighted by Gasteiger charge is -2.27. The van der Waals surface area contributed by atoms with E-state index < -0.39 is 0 Å². The highest BCUT2D eigenvalue weighted by molar-refractivity contribution is 5.64. The average molecular weight is 250 g/mol. The summed E-state index contributed by atoms with van der Waals surface area (Å²) in [5.74, 6) is 0. The molecule has 0 bridgehead atoms. The molecule has 0 aliphatic rings. The van der Waals surface area contributed by atoms with Crippen LogP contribution in [-0.4, -0.2) is 5.21 Å². The topological polar surface area (TPSA) is 61.7 Å². The van der Waals surface area contributed by atoms with Gasteiger partial charge >= 0.3 is 0 Å². The van der Waals surface area contributed by atoms with E-state index in [4.69, 9.17) is 0 Å². The van der Waals surface area contributed by atoms with Gasteiger partial charge in [0.25, 0.3) is 0 Å². The summed E-state index contributed by atoms with van der Waals surface area (Å²) in [4.78, 5) is 11.0. The number of rotatable bonds is 2. The van der Waals surface area contributed by atoms with Gasteiger partial charge in [-0.2, -0.15) is 0 Å². The average Bonchev–Trinajstić information content (AvgIpc) is 2.24. The van der Waals surface area contributed by atoms with Crippen LogP contribution in [0.15, 0.2) is 17.3 Å². The van der Waals surface area contributed by atoms with Gasteiger partial charge in [0.2, 0.25) is 0 Å². The SMILES string of the molecule is CC(C)(C)c1cc(NO)c(C(C)(C)C)cc1N=O. The van der Waals surface area contributed by atoms with E-state index in [0.29, 0.717) is 11.4 Å². The lowest BCUT2D eigenvalue weighted by atomic mass is 9.80. The molecule has 0 saturated heterocycles.